The van der Waals surface area contributed by atoms with Crippen molar-refractivity contribution in [1.82, 2.24) is 5.32 Å². The maximum Gasteiger partial charge on any atom is 0.251 e. The average Bonchev–Trinajstić information content (AvgIpc) is 2.36. The Morgan fingerprint density at radius 3 is 2.72 bits per heavy atom. The van der Waals surface area contributed by atoms with Gasteiger partial charge < -0.3 is 11.1 Å². The zero-order chi connectivity index (χ0) is 13.1. The third-order valence-corrected chi connectivity index (χ3v) is 4.25. The normalized spacial score (nSPS) is 16.6. The molecule has 5 heteroatoms. The van der Waals surface area contributed by atoms with Crippen molar-refractivity contribution in [3.05, 3.63) is 29.1 Å². The highest BCUT2D eigenvalue weighted by atomic mass is 32.2. The van der Waals surface area contributed by atoms with Crippen molar-refractivity contribution in [3.8, 4) is 0 Å². The number of amides is 1. The molecule has 0 spiro atoms. The van der Waals surface area contributed by atoms with Crippen molar-refractivity contribution in [2.75, 3.05) is 17.2 Å². The molecule has 0 atom stereocenters. The van der Waals surface area contributed by atoms with Gasteiger partial charge >= 0.3 is 0 Å². The largest absolute Gasteiger partial charge is 0.398 e. The van der Waals surface area contributed by atoms with Crippen LogP contribution in [0, 0.1) is 12.7 Å². The molecule has 98 valence electrons. The number of nitrogen functional groups attached to an aromatic ring is 1. The van der Waals surface area contributed by atoms with Gasteiger partial charge in [0.05, 0.1) is 0 Å². The molecule has 3 nitrogen and oxygen atoms in total. The Labute approximate surface area is 110 Å². The first-order valence-electron chi connectivity index (χ1n) is 6.02. The molecule has 0 radical (unpaired) electrons. The molecular formula is C13H17FN2OS. The highest BCUT2D eigenvalue weighted by Crippen LogP contribution is 2.20. The third-order valence-electron chi connectivity index (χ3n) is 3.20. The number of thioether (sulfide) groups is 1. The van der Waals surface area contributed by atoms with E-state index in [0.29, 0.717) is 16.8 Å². The molecule has 18 heavy (non-hydrogen) atoms. The minimum Gasteiger partial charge on any atom is -0.398 e. The summed E-state index contributed by atoms with van der Waals surface area (Å²) in [7, 11) is 0. The molecule has 0 bridgehead atoms. The minimum atomic E-state index is -0.431. The van der Waals surface area contributed by atoms with E-state index in [2.05, 4.69) is 5.32 Å². The molecule has 1 aliphatic heterocycles. The fraction of sp³-hybridized carbons (Fsp3) is 0.462. The lowest BCUT2D eigenvalue weighted by Gasteiger charge is -2.22. The molecule has 1 amide bonds. The monoisotopic (exact) mass is 268 g/mol. The number of hydrogen-bond acceptors (Lipinski definition) is 3. The van der Waals surface area contributed by atoms with Gasteiger partial charge in [-0.15, -0.1) is 0 Å². The van der Waals surface area contributed by atoms with E-state index in [1.807, 2.05) is 11.8 Å². The Morgan fingerprint density at radius 2 is 2.11 bits per heavy atom. The molecule has 1 aromatic rings. The van der Waals surface area contributed by atoms with E-state index in [0.717, 1.165) is 24.3 Å². The Morgan fingerprint density at radius 1 is 1.44 bits per heavy atom. The average molecular weight is 268 g/mol. The van der Waals surface area contributed by atoms with E-state index in [1.54, 1.807) is 6.92 Å². The first-order chi connectivity index (χ1) is 8.58. The fourth-order valence-electron chi connectivity index (χ4n) is 1.94. The molecule has 3 N–H and O–H groups in total. The third kappa shape index (κ3) is 2.96. The van der Waals surface area contributed by atoms with Crippen LogP contribution in [0.3, 0.4) is 0 Å². The quantitative estimate of drug-likeness (QED) is 0.809. The number of carbonyl (C=O) groups is 1. The zero-order valence-electron chi connectivity index (χ0n) is 10.3. The standard InChI is InChI=1S/C13H17FN2OS/c1-8-11(14)6-9(7-12(8)15)13(17)16-10-2-4-18-5-3-10/h6-7,10H,2-5,15H2,1H3,(H,16,17). The van der Waals surface area contributed by atoms with Crippen molar-refractivity contribution >= 4 is 23.4 Å². The Kier molecular flexibility index (Phi) is 4.11. The lowest BCUT2D eigenvalue weighted by Crippen LogP contribution is -2.37. The summed E-state index contributed by atoms with van der Waals surface area (Å²) in [6, 6.07) is 2.98. The summed E-state index contributed by atoms with van der Waals surface area (Å²) >= 11 is 1.90. The van der Waals surface area contributed by atoms with Crippen LogP contribution in [0.25, 0.3) is 0 Å². The highest BCUT2D eigenvalue weighted by molar-refractivity contribution is 7.99. The van der Waals surface area contributed by atoms with Crippen LogP contribution in [0.1, 0.15) is 28.8 Å². The van der Waals surface area contributed by atoms with E-state index < -0.39 is 5.82 Å². The number of benzene rings is 1. The maximum atomic E-state index is 13.5. The van der Waals surface area contributed by atoms with Gasteiger partial charge in [-0.1, -0.05) is 0 Å². The highest BCUT2D eigenvalue weighted by Gasteiger charge is 2.18. The Hall–Kier alpha value is -1.23. The Bertz CT molecular complexity index is 435. The van der Waals surface area contributed by atoms with Crippen molar-refractivity contribution in [2.45, 2.75) is 25.8 Å². The van der Waals surface area contributed by atoms with Gasteiger partial charge in [-0.2, -0.15) is 11.8 Å². The smallest absolute Gasteiger partial charge is 0.251 e. The fourth-order valence-corrected chi connectivity index (χ4v) is 3.05. The lowest BCUT2D eigenvalue weighted by molar-refractivity contribution is 0.0934. The number of carbonyl (C=O) groups excluding carboxylic acids is 1. The van der Waals surface area contributed by atoms with Gasteiger partial charge in [0.2, 0.25) is 0 Å². The van der Waals surface area contributed by atoms with Crippen LogP contribution in [0.5, 0.6) is 0 Å². The maximum absolute atomic E-state index is 13.5. The summed E-state index contributed by atoms with van der Waals surface area (Å²) in [5.74, 6) is 1.46. The molecule has 0 aliphatic carbocycles. The molecule has 0 aromatic heterocycles. The topological polar surface area (TPSA) is 55.1 Å². The van der Waals surface area contributed by atoms with Crippen LogP contribution < -0.4 is 11.1 Å². The van der Waals surface area contributed by atoms with Gasteiger partial charge in [0.1, 0.15) is 5.82 Å². The van der Waals surface area contributed by atoms with Gasteiger partial charge in [0.25, 0.3) is 5.91 Å². The Balaban J connectivity index is 2.08. The van der Waals surface area contributed by atoms with E-state index in [-0.39, 0.29) is 11.9 Å². The lowest BCUT2D eigenvalue weighted by atomic mass is 10.1. The second-order valence-electron chi connectivity index (χ2n) is 4.53. The molecule has 1 aliphatic rings. The van der Waals surface area contributed by atoms with Gasteiger partial charge in [-0.3, -0.25) is 4.79 Å². The molecule has 1 heterocycles. The molecule has 2 rings (SSSR count). The SMILES string of the molecule is Cc1c(N)cc(C(=O)NC2CCSCC2)cc1F. The molecule has 0 saturated carbocycles. The summed E-state index contributed by atoms with van der Waals surface area (Å²) < 4.78 is 13.5. The van der Waals surface area contributed by atoms with Crippen molar-refractivity contribution < 1.29 is 9.18 Å². The second-order valence-corrected chi connectivity index (χ2v) is 5.76. The number of nitrogens with two attached hydrogens (primary N) is 1. The van der Waals surface area contributed by atoms with Crippen LogP contribution >= 0.6 is 11.8 Å². The van der Waals surface area contributed by atoms with E-state index in [9.17, 15) is 9.18 Å². The predicted molar refractivity (Wildman–Crippen MR) is 73.4 cm³/mol. The minimum absolute atomic E-state index is 0.198. The summed E-state index contributed by atoms with van der Waals surface area (Å²) in [6.07, 6.45) is 1.94. The van der Waals surface area contributed by atoms with Crippen molar-refractivity contribution in [3.63, 3.8) is 0 Å². The summed E-state index contributed by atoms with van der Waals surface area (Å²) in [4.78, 5) is 12.0. The first kappa shape index (κ1) is 13.2. The van der Waals surface area contributed by atoms with Gasteiger partial charge in [0, 0.05) is 22.9 Å². The number of rotatable bonds is 2. The summed E-state index contributed by atoms with van der Waals surface area (Å²) in [6.45, 7) is 1.60. The van der Waals surface area contributed by atoms with Crippen molar-refractivity contribution in [1.29, 1.82) is 0 Å². The number of nitrogens with one attached hydrogen (secondary N) is 1. The number of anilines is 1. The molecular weight excluding hydrogens is 251 g/mol. The van der Waals surface area contributed by atoms with Gasteiger partial charge in [-0.25, -0.2) is 4.39 Å². The number of halogens is 1. The molecule has 1 saturated heterocycles. The first-order valence-corrected chi connectivity index (χ1v) is 7.17. The van der Waals surface area contributed by atoms with E-state index in [1.165, 1.54) is 12.1 Å². The van der Waals surface area contributed by atoms with Crippen LogP contribution in [-0.2, 0) is 0 Å². The van der Waals surface area contributed by atoms with Crippen molar-refractivity contribution in [2.24, 2.45) is 0 Å². The molecule has 1 aromatic carbocycles. The number of hydrogen-bond donors (Lipinski definition) is 2. The molecule has 0 unspecified atom stereocenters. The zero-order valence-corrected chi connectivity index (χ0v) is 11.1. The van der Waals surface area contributed by atoms with Crippen LogP contribution in [-0.4, -0.2) is 23.5 Å². The summed E-state index contributed by atoms with van der Waals surface area (Å²) in [5, 5.41) is 2.93. The van der Waals surface area contributed by atoms with Crippen LogP contribution in [0.15, 0.2) is 12.1 Å². The van der Waals surface area contributed by atoms with Crippen LogP contribution in [0.4, 0.5) is 10.1 Å². The summed E-state index contributed by atoms with van der Waals surface area (Å²) in [5.41, 5.74) is 6.68. The van der Waals surface area contributed by atoms with E-state index >= 15 is 0 Å². The van der Waals surface area contributed by atoms with E-state index in [4.69, 9.17) is 5.73 Å². The van der Waals surface area contributed by atoms with Crippen LogP contribution in [0.2, 0.25) is 0 Å². The molecule has 1 fully saturated rings. The van der Waals surface area contributed by atoms with Gasteiger partial charge in [0.15, 0.2) is 0 Å². The second kappa shape index (κ2) is 5.61. The van der Waals surface area contributed by atoms with Gasteiger partial charge in [-0.05, 0) is 43.4 Å². The predicted octanol–water partition coefficient (Wildman–Crippen LogP) is 2.34.